The van der Waals surface area contributed by atoms with Gasteiger partial charge in [-0.1, -0.05) is 67.6 Å². The van der Waals surface area contributed by atoms with E-state index in [2.05, 4.69) is 11.2 Å². The zero-order valence-electron chi connectivity index (χ0n) is 17.1. The van der Waals surface area contributed by atoms with Crippen LogP contribution in [-0.2, 0) is 11.3 Å². The number of phenols is 1. The molecule has 1 aliphatic rings. The highest BCUT2D eigenvalue weighted by Crippen LogP contribution is 2.31. The third-order valence-electron chi connectivity index (χ3n) is 5.67. The quantitative estimate of drug-likeness (QED) is 0.691. The molecule has 2 amide bonds. The molecule has 0 heterocycles. The number of nitrogens with zero attached hydrogens (tertiary/aromatic N) is 1. The molecule has 156 valence electrons. The minimum absolute atomic E-state index is 0.00703. The van der Waals surface area contributed by atoms with E-state index in [9.17, 15) is 14.7 Å². The van der Waals surface area contributed by atoms with Crippen molar-refractivity contribution in [3.8, 4) is 18.1 Å². The lowest BCUT2D eigenvalue weighted by atomic mass is 9.82. The maximum Gasteiger partial charge on any atom is 0.259 e. The molecule has 0 bridgehead atoms. The van der Waals surface area contributed by atoms with E-state index in [0.717, 1.165) is 37.7 Å². The normalized spacial score (nSPS) is 15.0. The molecule has 1 aliphatic carbocycles. The number of amides is 2. The Labute approximate surface area is 178 Å². The lowest BCUT2D eigenvalue weighted by Crippen LogP contribution is -2.53. The maximum absolute atomic E-state index is 13.3. The molecule has 5 heteroatoms. The van der Waals surface area contributed by atoms with Gasteiger partial charge < -0.3 is 15.3 Å². The Hall–Kier alpha value is -3.26. The second-order valence-electron chi connectivity index (χ2n) is 7.70. The van der Waals surface area contributed by atoms with Crippen LogP contribution in [0.25, 0.3) is 0 Å². The van der Waals surface area contributed by atoms with Crippen molar-refractivity contribution in [3.05, 3.63) is 65.7 Å². The lowest BCUT2D eigenvalue weighted by molar-refractivity contribution is -0.128. The summed E-state index contributed by atoms with van der Waals surface area (Å²) in [5.74, 6) is 1.83. The van der Waals surface area contributed by atoms with E-state index in [-0.39, 0.29) is 29.7 Å². The number of carbonyl (C=O) groups excluding carboxylic acids is 2. The van der Waals surface area contributed by atoms with Crippen molar-refractivity contribution < 1.29 is 14.7 Å². The Bertz CT molecular complexity index is 898. The highest BCUT2D eigenvalue weighted by molar-refractivity contribution is 5.99. The highest BCUT2D eigenvalue weighted by atomic mass is 16.3. The summed E-state index contributed by atoms with van der Waals surface area (Å²) in [6, 6.07) is 15.4. The lowest BCUT2D eigenvalue weighted by Gasteiger charge is -2.37. The van der Waals surface area contributed by atoms with Gasteiger partial charge in [-0.25, -0.2) is 0 Å². The highest BCUT2D eigenvalue weighted by Gasteiger charge is 2.37. The van der Waals surface area contributed by atoms with Gasteiger partial charge in [0.15, 0.2) is 0 Å². The average molecular weight is 405 g/mol. The molecule has 1 saturated carbocycles. The van der Waals surface area contributed by atoms with E-state index in [4.69, 9.17) is 6.42 Å². The summed E-state index contributed by atoms with van der Waals surface area (Å²) < 4.78 is 0. The van der Waals surface area contributed by atoms with Crippen LogP contribution in [0.3, 0.4) is 0 Å². The molecule has 0 aliphatic heterocycles. The van der Waals surface area contributed by atoms with E-state index in [1.54, 1.807) is 18.2 Å². The molecule has 2 aromatic carbocycles. The topological polar surface area (TPSA) is 69.6 Å². The smallest absolute Gasteiger partial charge is 0.259 e. The van der Waals surface area contributed by atoms with Gasteiger partial charge in [-0.15, -0.1) is 6.42 Å². The van der Waals surface area contributed by atoms with E-state index < -0.39 is 11.9 Å². The van der Waals surface area contributed by atoms with Crippen molar-refractivity contribution >= 4 is 11.8 Å². The van der Waals surface area contributed by atoms with Gasteiger partial charge >= 0.3 is 0 Å². The minimum atomic E-state index is -0.669. The van der Waals surface area contributed by atoms with Crippen LogP contribution in [0.5, 0.6) is 5.75 Å². The Morgan fingerprint density at radius 1 is 1.07 bits per heavy atom. The molecule has 2 aromatic rings. The summed E-state index contributed by atoms with van der Waals surface area (Å²) in [7, 11) is 0. The van der Waals surface area contributed by atoms with Crippen LogP contribution in [0.1, 0.15) is 48.0 Å². The van der Waals surface area contributed by atoms with Gasteiger partial charge in [-0.05, 0) is 36.5 Å². The van der Waals surface area contributed by atoms with Crippen molar-refractivity contribution in [3.63, 3.8) is 0 Å². The number of aromatic hydroxyl groups is 1. The van der Waals surface area contributed by atoms with Gasteiger partial charge in [0, 0.05) is 6.54 Å². The van der Waals surface area contributed by atoms with Gasteiger partial charge in [-0.3, -0.25) is 9.59 Å². The van der Waals surface area contributed by atoms with Crippen LogP contribution in [0.2, 0.25) is 0 Å². The molecule has 0 aromatic heterocycles. The molecule has 0 spiro atoms. The molecule has 1 fully saturated rings. The van der Waals surface area contributed by atoms with Crippen molar-refractivity contribution in [2.75, 3.05) is 6.54 Å². The fraction of sp³-hybridized carbons (Fsp3) is 0.360. The molecule has 5 nitrogen and oxygen atoms in total. The van der Waals surface area contributed by atoms with Crippen molar-refractivity contribution in [1.82, 2.24) is 10.2 Å². The zero-order valence-corrected chi connectivity index (χ0v) is 17.1. The Morgan fingerprint density at radius 3 is 2.40 bits per heavy atom. The van der Waals surface area contributed by atoms with Crippen molar-refractivity contribution in [1.29, 1.82) is 0 Å². The first-order valence-corrected chi connectivity index (χ1v) is 10.5. The third kappa shape index (κ3) is 5.21. The number of phenolic OH excluding ortho intramolecular Hbond substituents is 1. The standard InChI is InChI=1S/C25H28N2O3/c1-2-17-27(25(30)21-15-9-10-16-22(21)28)23(20-13-7-4-8-14-20)24(29)26-18-19-11-5-3-6-12-19/h1,3,5-6,9-12,15-16,20,23,28H,4,7-8,13-14,17-18H2,(H,26,29). The van der Waals surface area contributed by atoms with E-state index in [1.165, 1.54) is 11.0 Å². The van der Waals surface area contributed by atoms with Crippen LogP contribution >= 0.6 is 0 Å². The van der Waals surface area contributed by atoms with E-state index in [1.807, 2.05) is 30.3 Å². The zero-order chi connectivity index (χ0) is 21.3. The van der Waals surface area contributed by atoms with Gasteiger partial charge in [0.2, 0.25) is 5.91 Å². The molecule has 0 radical (unpaired) electrons. The Morgan fingerprint density at radius 2 is 1.73 bits per heavy atom. The van der Waals surface area contributed by atoms with Gasteiger partial charge in [0.1, 0.15) is 11.8 Å². The number of hydrogen-bond acceptors (Lipinski definition) is 3. The first-order chi connectivity index (χ1) is 14.6. The molecule has 3 rings (SSSR count). The molecule has 2 N–H and O–H groups in total. The van der Waals surface area contributed by atoms with Crippen LogP contribution < -0.4 is 5.32 Å². The molecular weight excluding hydrogens is 376 g/mol. The first kappa shape index (κ1) is 21.4. The number of carbonyl (C=O) groups is 2. The Kier molecular flexibility index (Phi) is 7.51. The summed E-state index contributed by atoms with van der Waals surface area (Å²) in [5.41, 5.74) is 1.15. The van der Waals surface area contributed by atoms with E-state index >= 15 is 0 Å². The monoisotopic (exact) mass is 404 g/mol. The number of hydrogen-bond donors (Lipinski definition) is 2. The number of nitrogens with one attached hydrogen (secondary N) is 1. The summed E-state index contributed by atoms with van der Waals surface area (Å²) in [6.45, 7) is 0.394. The number of para-hydroxylation sites is 1. The Balaban J connectivity index is 1.87. The molecular formula is C25H28N2O3. The summed E-state index contributed by atoms with van der Waals surface area (Å²) in [4.78, 5) is 28.1. The van der Waals surface area contributed by atoms with Gasteiger partial charge in [0.05, 0.1) is 12.1 Å². The van der Waals surface area contributed by atoms with E-state index in [0.29, 0.717) is 6.54 Å². The third-order valence-corrected chi connectivity index (χ3v) is 5.67. The summed E-state index contributed by atoms with van der Waals surface area (Å²) >= 11 is 0. The molecule has 1 atom stereocenters. The SMILES string of the molecule is C#CCN(C(=O)c1ccccc1O)C(C(=O)NCc1ccccc1)C1CCCCC1. The van der Waals surface area contributed by atoms with Crippen LogP contribution in [-0.4, -0.2) is 34.4 Å². The predicted octanol–water partition coefficient (Wildman–Crippen LogP) is 3.73. The fourth-order valence-electron chi connectivity index (χ4n) is 4.15. The predicted molar refractivity (Wildman–Crippen MR) is 117 cm³/mol. The number of terminal acetylenes is 1. The fourth-order valence-corrected chi connectivity index (χ4v) is 4.15. The minimum Gasteiger partial charge on any atom is -0.507 e. The second kappa shape index (κ2) is 10.5. The molecule has 1 unspecified atom stereocenters. The largest absolute Gasteiger partial charge is 0.507 e. The van der Waals surface area contributed by atoms with Crippen LogP contribution in [0.15, 0.2) is 54.6 Å². The number of benzene rings is 2. The van der Waals surface area contributed by atoms with Gasteiger partial charge in [0.25, 0.3) is 5.91 Å². The second-order valence-corrected chi connectivity index (χ2v) is 7.70. The molecule has 30 heavy (non-hydrogen) atoms. The maximum atomic E-state index is 13.3. The van der Waals surface area contributed by atoms with Gasteiger partial charge in [-0.2, -0.15) is 0 Å². The van der Waals surface area contributed by atoms with Crippen LogP contribution in [0.4, 0.5) is 0 Å². The summed E-state index contributed by atoms with van der Waals surface area (Å²) in [6.07, 6.45) is 10.5. The average Bonchev–Trinajstić information content (AvgIpc) is 2.78. The summed E-state index contributed by atoms with van der Waals surface area (Å²) in [5, 5.41) is 13.2. The van der Waals surface area contributed by atoms with Crippen molar-refractivity contribution in [2.45, 2.75) is 44.7 Å². The van der Waals surface area contributed by atoms with Crippen LogP contribution in [0, 0.1) is 18.3 Å². The molecule has 0 saturated heterocycles. The first-order valence-electron chi connectivity index (χ1n) is 10.5. The van der Waals surface area contributed by atoms with Crippen molar-refractivity contribution in [2.24, 2.45) is 5.92 Å². The number of rotatable bonds is 7.